The molecule has 1 amide bonds. The summed E-state index contributed by atoms with van der Waals surface area (Å²) in [6.45, 7) is 12.0. The van der Waals surface area contributed by atoms with Gasteiger partial charge in [-0.15, -0.1) is 0 Å². The van der Waals surface area contributed by atoms with Gasteiger partial charge in [0.15, 0.2) is 0 Å². The summed E-state index contributed by atoms with van der Waals surface area (Å²) in [6.07, 6.45) is -3.28. The molecule has 5 rings (SSSR count). The van der Waals surface area contributed by atoms with E-state index in [0.29, 0.717) is 17.4 Å². The van der Waals surface area contributed by atoms with Gasteiger partial charge < -0.3 is 20.3 Å². The van der Waals surface area contributed by atoms with Gasteiger partial charge in [-0.05, 0) is 81.3 Å². The number of ether oxygens (including phenoxy) is 1. The van der Waals surface area contributed by atoms with Crippen molar-refractivity contribution < 1.29 is 22.7 Å². The highest BCUT2D eigenvalue weighted by molar-refractivity contribution is 6.32. The third-order valence-electron chi connectivity index (χ3n) is 7.72. The largest absolute Gasteiger partial charge is 0.436 e. The van der Waals surface area contributed by atoms with Gasteiger partial charge in [-0.25, -0.2) is 4.98 Å². The van der Waals surface area contributed by atoms with Crippen LogP contribution in [0.25, 0.3) is 0 Å². The number of rotatable bonds is 8. The minimum Gasteiger partial charge on any atom is -0.436 e. The fourth-order valence-corrected chi connectivity index (χ4v) is 5.32. The van der Waals surface area contributed by atoms with E-state index in [9.17, 15) is 18.0 Å². The Bertz CT molecular complexity index is 1650. The molecule has 4 aromatic rings. The molecule has 1 aliphatic heterocycles. The number of hydrogen-bond donors (Lipinski definition) is 2. The Morgan fingerprint density at radius 1 is 0.978 bits per heavy atom. The predicted octanol–water partition coefficient (Wildman–Crippen LogP) is 8.08. The highest BCUT2D eigenvalue weighted by Gasteiger charge is 2.31. The molecule has 12 heteroatoms. The van der Waals surface area contributed by atoms with E-state index in [2.05, 4.69) is 44.2 Å². The van der Waals surface area contributed by atoms with Gasteiger partial charge >= 0.3 is 6.18 Å². The monoisotopic (exact) mass is 638 g/mol. The molecular formula is C33H34ClF3N6O2. The van der Waals surface area contributed by atoms with Gasteiger partial charge in [0.2, 0.25) is 11.8 Å². The fraction of sp³-hybridized carbons (Fsp3) is 0.303. The summed E-state index contributed by atoms with van der Waals surface area (Å²) in [6, 6.07) is 16.7. The van der Waals surface area contributed by atoms with Crippen LogP contribution in [0.3, 0.4) is 0 Å². The molecule has 0 atom stereocenters. The van der Waals surface area contributed by atoms with Crippen LogP contribution in [0, 0.1) is 13.8 Å². The van der Waals surface area contributed by atoms with E-state index in [1.807, 2.05) is 56.3 Å². The van der Waals surface area contributed by atoms with Gasteiger partial charge in [-0.3, -0.25) is 9.69 Å². The number of aryl methyl sites for hydroxylation is 2. The van der Waals surface area contributed by atoms with E-state index in [1.165, 1.54) is 6.20 Å². The van der Waals surface area contributed by atoms with E-state index < -0.39 is 17.6 Å². The van der Waals surface area contributed by atoms with Crippen molar-refractivity contribution in [3.63, 3.8) is 0 Å². The second kappa shape index (κ2) is 13.3. The zero-order chi connectivity index (χ0) is 32.3. The number of nitrogens with one attached hydrogen (secondary N) is 2. The lowest BCUT2D eigenvalue weighted by atomic mass is 10.1. The Kier molecular flexibility index (Phi) is 9.50. The lowest BCUT2D eigenvalue weighted by Crippen LogP contribution is -2.48. The Balaban J connectivity index is 1.40. The molecule has 236 valence electrons. The van der Waals surface area contributed by atoms with Crippen molar-refractivity contribution in [1.82, 2.24) is 14.9 Å². The number of para-hydroxylation sites is 1. The normalized spacial score (nSPS) is 14.0. The maximum absolute atomic E-state index is 13.4. The van der Waals surface area contributed by atoms with Gasteiger partial charge in [-0.1, -0.05) is 29.8 Å². The standard InChI is InChI=1S/C33H34ClF3N6O2/c1-20(2)42-14-16-43(17-15-42)25-11-9-24(10-12-25)39-32-38-19-26(30(44)40-29-21(3)6-5-7-22(29)4)31(41-32)45-28-13-8-23(18-27(28)34)33(35,36)37/h5-13,18-20H,14-17H2,1-4H3,(H,40,44)(H,38,39,41). The fourth-order valence-electron chi connectivity index (χ4n) is 5.10. The number of anilines is 4. The molecule has 0 saturated carbocycles. The molecular weight excluding hydrogens is 605 g/mol. The molecule has 0 spiro atoms. The zero-order valence-corrected chi connectivity index (χ0v) is 26.1. The quantitative estimate of drug-likeness (QED) is 0.202. The average Bonchev–Trinajstić information content (AvgIpc) is 3.00. The van der Waals surface area contributed by atoms with Crippen LogP contribution in [0.4, 0.5) is 36.2 Å². The van der Waals surface area contributed by atoms with Crippen LogP contribution >= 0.6 is 11.6 Å². The van der Waals surface area contributed by atoms with Gasteiger partial charge in [0, 0.05) is 55.5 Å². The van der Waals surface area contributed by atoms with E-state index in [0.717, 1.165) is 61.2 Å². The first kappa shape index (κ1) is 32.1. The summed E-state index contributed by atoms with van der Waals surface area (Å²) >= 11 is 6.17. The average molecular weight is 639 g/mol. The number of carbonyl (C=O) groups excluding carboxylic acids is 1. The molecule has 1 aliphatic rings. The molecule has 45 heavy (non-hydrogen) atoms. The lowest BCUT2D eigenvalue weighted by molar-refractivity contribution is -0.137. The maximum Gasteiger partial charge on any atom is 0.416 e. The zero-order valence-electron chi connectivity index (χ0n) is 25.4. The molecule has 2 heterocycles. The summed E-state index contributed by atoms with van der Waals surface area (Å²) in [5, 5.41) is 5.70. The molecule has 1 fully saturated rings. The van der Waals surface area contributed by atoms with Gasteiger partial charge in [0.05, 0.1) is 10.6 Å². The number of carbonyl (C=O) groups is 1. The first-order valence-corrected chi connectivity index (χ1v) is 14.9. The maximum atomic E-state index is 13.4. The van der Waals surface area contributed by atoms with Crippen LogP contribution in [0.15, 0.2) is 66.9 Å². The van der Waals surface area contributed by atoms with E-state index >= 15 is 0 Å². The van der Waals surface area contributed by atoms with Crippen molar-refractivity contribution in [2.75, 3.05) is 41.7 Å². The van der Waals surface area contributed by atoms with Crippen LogP contribution in [0.2, 0.25) is 5.02 Å². The van der Waals surface area contributed by atoms with Crippen LogP contribution in [0.5, 0.6) is 11.6 Å². The summed E-state index contributed by atoms with van der Waals surface area (Å²) in [5.41, 5.74) is 3.16. The first-order chi connectivity index (χ1) is 21.4. The Morgan fingerprint density at radius 3 is 2.24 bits per heavy atom. The van der Waals surface area contributed by atoms with Gasteiger partial charge in [0.1, 0.15) is 11.3 Å². The molecule has 3 aromatic carbocycles. The Labute approximate surface area is 265 Å². The second-order valence-electron chi connectivity index (χ2n) is 11.2. The molecule has 0 bridgehead atoms. The van der Waals surface area contributed by atoms with E-state index in [1.54, 1.807) is 0 Å². The lowest BCUT2D eigenvalue weighted by Gasteiger charge is -2.38. The minimum absolute atomic E-state index is 0.0324. The Morgan fingerprint density at radius 2 is 1.64 bits per heavy atom. The van der Waals surface area contributed by atoms with Crippen molar-refractivity contribution in [3.05, 3.63) is 94.1 Å². The summed E-state index contributed by atoms with van der Waals surface area (Å²) < 4.78 is 45.5. The predicted molar refractivity (Wildman–Crippen MR) is 171 cm³/mol. The SMILES string of the molecule is Cc1cccc(C)c1NC(=O)c1cnc(Nc2ccc(N3CCN(C(C)C)CC3)cc2)nc1Oc1ccc(C(F)(F)F)cc1Cl. The second-order valence-corrected chi connectivity index (χ2v) is 11.6. The van der Waals surface area contributed by atoms with Crippen molar-refractivity contribution >= 4 is 40.5 Å². The number of halogens is 4. The Hall–Kier alpha value is -4.35. The summed E-state index contributed by atoms with van der Waals surface area (Å²) in [4.78, 5) is 27.0. The topological polar surface area (TPSA) is 82.6 Å². The molecule has 8 nitrogen and oxygen atoms in total. The van der Waals surface area contributed by atoms with Crippen molar-refractivity contribution in [2.24, 2.45) is 0 Å². The van der Waals surface area contributed by atoms with Crippen LogP contribution < -0.4 is 20.3 Å². The molecule has 1 saturated heterocycles. The van der Waals surface area contributed by atoms with E-state index in [4.69, 9.17) is 16.3 Å². The van der Waals surface area contributed by atoms with Crippen LogP contribution in [0.1, 0.15) is 40.9 Å². The minimum atomic E-state index is -4.58. The van der Waals surface area contributed by atoms with Gasteiger partial charge in [0.25, 0.3) is 5.91 Å². The highest BCUT2D eigenvalue weighted by Crippen LogP contribution is 2.37. The molecule has 0 aliphatic carbocycles. The first-order valence-electron chi connectivity index (χ1n) is 14.5. The van der Waals surface area contributed by atoms with E-state index in [-0.39, 0.29) is 28.2 Å². The number of aromatic nitrogens is 2. The highest BCUT2D eigenvalue weighted by atomic mass is 35.5. The number of amides is 1. The number of alkyl halides is 3. The van der Waals surface area contributed by atoms with Gasteiger partial charge in [-0.2, -0.15) is 18.2 Å². The van der Waals surface area contributed by atoms with Crippen LogP contribution in [-0.4, -0.2) is 53.0 Å². The molecule has 1 aromatic heterocycles. The molecule has 0 unspecified atom stereocenters. The number of nitrogens with zero attached hydrogens (tertiary/aromatic N) is 4. The third kappa shape index (κ3) is 7.66. The van der Waals surface area contributed by atoms with Crippen molar-refractivity contribution in [3.8, 4) is 11.6 Å². The van der Waals surface area contributed by atoms with Crippen molar-refractivity contribution in [1.29, 1.82) is 0 Å². The molecule has 2 N–H and O–H groups in total. The third-order valence-corrected chi connectivity index (χ3v) is 8.01. The summed E-state index contributed by atoms with van der Waals surface area (Å²) in [7, 11) is 0. The number of benzene rings is 3. The van der Waals surface area contributed by atoms with Crippen LogP contribution in [-0.2, 0) is 6.18 Å². The van der Waals surface area contributed by atoms with Crippen molar-refractivity contribution in [2.45, 2.75) is 39.9 Å². The number of piperazine rings is 1. The smallest absolute Gasteiger partial charge is 0.416 e. The number of hydrogen-bond acceptors (Lipinski definition) is 7. The summed E-state index contributed by atoms with van der Waals surface area (Å²) in [5.74, 6) is -0.719. The molecule has 0 radical (unpaired) electrons.